The van der Waals surface area contributed by atoms with Gasteiger partial charge in [0, 0.05) is 0 Å². The van der Waals surface area contributed by atoms with Gasteiger partial charge in [-0.3, -0.25) is 0 Å². The van der Waals surface area contributed by atoms with Gasteiger partial charge in [0.25, 0.3) is 0 Å². The molecule has 0 aromatic rings. The Kier molecular flexibility index (Phi) is 3.49. The summed E-state index contributed by atoms with van der Waals surface area (Å²) in [5, 5.41) is 0. The molecule has 0 spiro atoms. The van der Waals surface area contributed by atoms with Crippen LogP contribution in [0, 0.1) is 0 Å². The summed E-state index contributed by atoms with van der Waals surface area (Å²) in [6.45, 7) is 6.95. The van der Waals surface area contributed by atoms with Crippen LogP contribution in [0.25, 0.3) is 0 Å². The van der Waals surface area contributed by atoms with Crippen LogP contribution in [0.3, 0.4) is 0 Å². The minimum atomic E-state index is -1.88. The van der Waals surface area contributed by atoms with Crippen molar-refractivity contribution < 1.29 is 0 Å². The molecular weight excluding hydrogens is 291 g/mol. The molecule has 0 heterocycles. The summed E-state index contributed by atoms with van der Waals surface area (Å²) >= 11 is 2.09. The molecule has 2 heteroatoms. The summed E-state index contributed by atoms with van der Waals surface area (Å²) in [7, 11) is 0. The van der Waals surface area contributed by atoms with Crippen LogP contribution in [0.15, 0.2) is 0 Å². The fraction of sp³-hybridized carbons (Fsp3) is 1.00. The van der Waals surface area contributed by atoms with Crippen molar-refractivity contribution in [2.75, 3.05) is 18.2 Å². The van der Waals surface area contributed by atoms with Crippen LogP contribution in [0.2, 0.25) is 0 Å². The molecule has 0 N–H and O–H groups in total. The summed E-state index contributed by atoms with van der Waals surface area (Å²) in [4.78, 5) is 2.48. The van der Waals surface area contributed by atoms with Crippen LogP contribution >= 0.6 is 27.5 Å². The summed E-state index contributed by atoms with van der Waals surface area (Å²) in [5.74, 6) is 0. The monoisotopic (exact) mass is 308 g/mol. The van der Waals surface area contributed by atoms with Crippen molar-refractivity contribution in [1.29, 1.82) is 0 Å². The topological polar surface area (TPSA) is 0 Å². The van der Waals surface area contributed by atoms with Gasteiger partial charge >= 0.3 is 66.5 Å². The molecule has 0 unspecified atom stereocenters. The molecule has 0 aliphatic rings. The van der Waals surface area contributed by atoms with Gasteiger partial charge in [0.15, 0.2) is 0 Å². The van der Waals surface area contributed by atoms with E-state index in [2.05, 4.69) is 38.4 Å². The van der Waals surface area contributed by atoms with Crippen molar-refractivity contribution in [3.8, 4) is 0 Å². The quantitative estimate of drug-likeness (QED) is 0.552. The first-order valence-electron chi connectivity index (χ1n) is 3.44. The Bertz CT molecular complexity index is 80.1. The summed E-state index contributed by atoms with van der Waals surface area (Å²) < 4.78 is 4.16. The molecule has 0 aromatic carbocycles. The Morgan fingerprint density at radius 1 is 1.00 bits per heavy atom. The van der Waals surface area contributed by atoms with Gasteiger partial charge in [0.05, 0.1) is 0 Å². The van der Waals surface area contributed by atoms with E-state index in [1.807, 2.05) is 0 Å². The average Bonchev–Trinajstić information content (AvgIpc) is 1.90. The molecule has 0 saturated carbocycles. The second-order valence-electron chi connectivity index (χ2n) is 2.62. The van der Waals surface area contributed by atoms with Gasteiger partial charge in [-0.2, -0.15) is 0 Å². The van der Waals surface area contributed by atoms with E-state index >= 15 is 0 Å². The van der Waals surface area contributed by atoms with E-state index in [4.69, 9.17) is 0 Å². The van der Waals surface area contributed by atoms with Gasteiger partial charge in [0.2, 0.25) is 0 Å². The molecule has 0 saturated heterocycles. The van der Waals surface area contributed by atoms with Gasteiger partial charge in [-0.05, 0) is 0 Å². The van der Waals surface area contributed by atoms with E-state index in [0.717, 1.165) is 0 Å². The molecule has 0 radical (unpaired) electrons. The average molecular weight is 309 g/mol. The van der Waals surface area contributed by atoms with E-state index in [0.29, 0.717) is 0 Å². The molecule has 9 heavy (non-hydrogen) atoms. The Hall–Kier alpha value is 1.21. The third-order valence-corrected chi connectivity index (χ3v) is 23.5. The maximum absolute atomic E-state index is 3.97. The van der Waals surface area contributed by atoms with Crippen molar-refractivity contribution in [3.63, 3.8) is 0 Å². The van der Waals surface area contributed by atoms with Crippen LogP contribution in [-0.4, -0.2) is 18.2 Å². The third kappa shape index (κ3) is 2.74. The molecule has 0 rings (SSSR count). The number of rotatable bonds is 3. The molecule has 0 bridgehead atoms. The Labute approximate surface area is 66.2 Å². The Morgan fingerprint density at radius 3 is 1.22 bits per heavy atom. The number of alkyl halides is 4. The minimum absolute atomic E-state index is 1.39. The second-order valence-corrected chi connectivity index (χ2v) is 30.1. The van der Waals surface area contributed by atoms with Crippen molar-refractivity contribution in [2.24, 2.45) is 0 Å². The fourth-order valence-corrected chi connectivity index (χ4v) is 3.80. The van der Waals surface area contributed by atoms with E-state index < -0.39 is 14.8 Å². The molecule has 0 aliphatic carbocycles. The fourth-order valence-electron chi connectivity index (χ4n) is 0.567. The second kappa shape index (κ2) is 3.07. The molecule has 0 aliphatic heterocycles. The Morgan fingerprint density at radius 2 is 1.22 bits per heavy atom. The van der Waals surface area contributed by atoms with Crippen molar-refractivity contribution in [2.45, 2.75) is 20.8 Å². The Balaban J connectivity index is 4.20. The molecule has 0 aromatic heterocycles. The zero-order valence-electron chi connectivity index (χ0n) is 6.88. The van der Waals surface area contributed by atoms with E-state index in [-0.39, 0.29) is 0 Å². The van der Waals surface area contributed by atoms with Crippen molar-refractivity contribution in [1.82, 2.24) is 0 Å². The van der Waals surface area contributed by atoms with Crippen LogP contribution in [0.1, 0.15) is 20.8 Å². The van der Waals surface area contributed by atoms with Crippen LogP contribution in [0.5, 0.6) is 0 Å². The maximum atomic E-state index is 3.97. The van der Waals surface area contributed by atoms with Crippen LogP contribution in [0.4, 0.5) is 0 Å². The first kappa shape index (κ1) is 10.2. The summed E-state index contributed by atoms with van der Waals surface area (Å²) in [6, 6.07) is 0. The zero-order valence-corrected chi connectivity index (χ0v) is 10.6. The third-order valence-electron chi connectivity index (χ3n) is 2.24. The van der Waals surface area contributed by atoms with Crippen LogP contribution in [-0.2, 0) is 0 Å². The van der Waals surface area contributed by atoms with Gasteiger partial charge in [0.1, 0.15) is 0 Å². The molecule has 60 valence electrons. The molecule has 0 amide bonds. The number of halogens is 2. The first-order valence-corrected chi connectivity index (χ1v) is 15.0. The van der Waals surface area contributed by atoms with E-state index in [9.17, 15) is 0 Å². The standard InChI is InChI=1S/C7H18BrI/c1-5-9(4,8,6-2)7-3/h5-7H2,1-4H3. The predicted octanol–water partition coefficient (Wildman–Crippen LogP) is 3.56. The number of hydrogen-bond acceptors (Lipinski definition) is 0. The van der Waals surface area contributed by atoms with Gasteiger partial charge < -0.3 is 0 Å². The molecule has 0 nitrogen and oxygen atoms in total. The van der Waals surface area contributed by atoms with Gasteiger partial charge in [-0.25, -0.2) is 0 Å². The van der Waals surface area contributed by atoms with E-state index in [1.165, 1.54) is 13.3 Å². The van der Waals surface area contributed by atoms with Crippen molar-refractivity contribution in [3.05, 3.63) is 0 Å². The molecule has 0 fully saturated rings. The van der Waals surface area contributed by atoms with Gasteiger partial charge in [-0.15, -0.1) is 0 Å². The van der Waals surface area contributed by atoms with Crippen LogP contribution < -0.4 is 0 Å². The SMILES string of the molecule is CCI(C)(Br)(CC)CC. The zero-order chi connectivity index (χ0) is 7.57. The predicted molar refractivity (Wildman–Crippen MR) is 60.5 cm³/mol. The summed E-state index contributed by atoms with van der Waals surface area (Å²) in [6.07, 6.45) is 0. The molecule has 0 atom stereocenters. The van der Waals surface area contributed by atoms with E-state index in [1.54, 1.807) is 0 Å². The number of hydrogen-bond donors (Lipinski definition) is 0. The first-order chi connectivity index (χ1) is 3.96. The van der Waals surface area contributed by atoms with Gasteiger partial charge in [-0.1, -0.05) is 0 Å². The molecular formula is C7H18BrI. The summed E-state index contributed by atoms with van der Waals surface area (Å²) in [5.41, 5.74) is 0. The normalized spacial score (nSPS) is 16.8. The van der Waals surface area contributed by atoms with Crippen molar-refractivity contribution >= 4 is 27.5 Å².